The predicted octanol–water partition coefficient (Wildman–Crippen LogP) is 3.85. The molecule has 0 saturated heterocycles. The van der Waals surface area contributed by atoms with Crippen molar-refractivity contribution in [1.82, 2.24) is 9.47 Å². The SMILES string of the molecule is CCn1cc(Br)cc1C(=O)N(C)Cc1ccccc1C. The van der Waals surface area contributed by atoms with Gasteiger partial charge in [0, 0.05) is 30.8 Å². The lowest BCUT2D eigenvalue weighted by atomic mass is 10.1. The molecule has 1 heterocycles. The number of nitrogens with zero attached hydrogens (tertiary/aromatic N) is 2. The van der Waals surface area contributed by atoms with Crippen molar-refractivity contribution in [1.29, 1.82) is 0 Å². The number of hydrogen-bond acceptors (Lipinski definition) is 1. The molecule has 0 radical (unpaired) electrons. The lowest BCUT2D eigenvalue weighted by molar-refractivity contribution is 0.0774. The first-order valence-corrected chi connectivity index (χ1v) is 7.48. The lowest BCUT2D eigenvalue weighted by Crippen LogP contribution is -2.28. The summed E-state index contributed by atoms with van der Waals surface area (Å²) in [6.07, 6.45) is 1.94. The van der Waals surface area contributed by atoms with Crippen LogP contribution in [0.3, 0.4) is 0 Å². The maximum Gasteiger partial charge on any atom is 0.270 e. The fourth-order valence-electron chi connectivity index (χ4n) is 2.23. The third-order valence-electron chi connectivity index (χ3n) is 3.44. The Labute approximate surface area is 128 Å². The minimum Gasteiger partial charge on any atom is -0.343 e. The Kier molecular flexibility index (Phi) is 4.65. The number of carbonyl (C=O) groups is 1. The van der Waals surface area contributed by atoms with Crippen LogP contribution in [0, 0.1) is 6.92 Å². The number of rotatable bonds is 4. The third kappa shape index (κ3) is 3.12. The van der Waals surface area contributed by atoms with Gasteiger partial charge in [0.25, 0.3) is 5.91 Å². The number of hydrogen-bond donors (Lipinski definition) is 0. The van der Waals surface area contributed by atoms with Crippen molar-refractivity contribution >= 4 is 21.8 Å². The Morgan fingerprint density at radius 1 is 1.35 bits per heavy atom. The van der Waals surface area contributed by atoms with Gasteiger partial charge in [-0.25, -0.2) is 0 Å². The van der Waals surface area contributed by atoms with E-state index in [4.69, 9.17) is 0 Å². The highest BCUT2D eigenvalue weighted by molar-refractivity contribution is 9.10. The predicted molar refractivity (Wildman–Crippen MR) is 84.8 cm³/mol. The molecule has 1 aromatic carbocycles. The molecule has 1 amide bonds. The van der Waals surface area contributed by atoms with Gasteiger partial charge >= 0.3 is 0 Å². The van der Waals surface area contributed by atoms with E-state index in [1.54, 1.807) is 4.90 Å². The van der Waals surface area contributed by atoms with Crippen LogP contribution < -0.4 is 0 Å². The normalized spacial score (nSPS) is 10.6. The third-order valence-corrected chi connectivity index (χ3v) is 3.87. The van der Waals surface area contributed by atoms with Crippen LogP contribution in [0.15, 0.2) is 41.0 Å². The molecule has 0 aliphatic heterocycles. The molecule has 106 valence electrons. The number of aromatic nitrogens is 1. The molecule has 0 atom stereocenters. The largest absolute Gasteiger partial charge is 0.343 e. The fraction of sp³-hybridized carbons (Fsp3) is 0.312. The zero-order valence-electron chi connectivity index (χ0n) is 12.1. The van der Waals surface area contributed by atoms with E-state index in [2.05, 4.69) is 35.0 Å². The van der Waals surface area contributed by atoms with Gasteiger partial charge in [-0.05, 0) is 47.0 Å². The Balaban J connectivity index is 2.18. The molecule has 1 aromatic heterocycles. The summed E-state index contributed by atoms with van der Waals surface area (Å²) in [6, 6.07) is 10.0. The van der Waals surface area contributed by atoms with Crippen molar-refractivity contribution in [3.63, 3.8) is 0 Å². The second kappa shape index (κ2) is 6.27. The number of aryl methyl sites for hydroxylation is 2. The minimum absolute atomic E-state index is 0.0424. The standard InChI is InChI=1S/C16H19BrN2O/c1-4-19-11-14(17)9-15(19)16(20)18(3)10-13-8-6-5-7-12(13)2/h5-9,11H,4,10H2,1-3H3. The molecule has 2 aromatic rings. The zero-order valence-corrected chi connectivity index (χ0v) is 13.6. The molecule has 2 rings (SSSR count). The molecule has 0 N–H and O–H groups in total. The summed E-state index contributed by atoms with van der Waals surface area (Å²) in [6.45, 7) is 5.51. The fourth-order valence-corrected chi connectivity index (χ4v) is 2.69. The summed E-state index contributed by atoms with van der Waals surface area (Å²) >= 11 is 3.43. The summed E-state index contributed by atoms with van der Waals surface area (Å²) in [4.78, 5) is 14.3. The van der Waals surface area contributed by atoms with Gasteiger partial charge in [0.1, 0.15) is 5.69 Å². The summed E-state index contributed by atoms with van der Waals surface area (Å²) in [5, 5.41) is 0. The molecule has 0 aliphatic rings. The van der Waals surface area contributed by atoms with Gasteiger partial charge in [-0.2, -0.15) is 0 Å². The maximum absolute atomic E-state index is 12.5. The van der Waals surface area contributed by atoms with Crippen molar-refractivity contribution in [3.05, 3.63) is 57.8 Å². The van der Waals surface area contributed by atoms with Crippen LogP contribution in [-0.4, -0.2) is 22.4 Å². The second-order valence-electron chi connectivity index (χ2n) is 4.92. The van der Waals surface area contributed by atoms with Crippen molar-refractivity contribution in [2.24, 2.45) is 0 Å². The van der Waals surface area contributed by atoms with Gasteiger partial charge in [0.2, 0.25) is 0 Å². The average Bonchev–Trinajstić information content (AvgIpc) is 2.81. The van der Waals surface area contributed by atoms with E-state index < -0.39 is 0 Å². The first-order chi connectivity index (χ1) is 9.52. The van der Waals surface area contributed by atoms with Gasteiger partial charge in [0.05, 0.1) is 0 Å². The summed E-state index contributed by atoms with van der Waals surface area (Å²) in [5.74, 6) is 0.0424. The van der Waals surface area contributed by atoms with E-state index in [1.165, 1.54) is 11.1 Å². The smallest absolute Gasteiger partial charge is 0.270 e. The zero-order chi connectivity index (χ0) is 14.7. The molecule has 0 bridgehead atoms. The lowest BCUT2D eigenvalue weighted by Gasteiger charge is -2.19. The summed E-state index contributed by atoms with van der Waals surface area (Å²) < 4.78 is 2.90. The average molecular weight is 335 g/mol. The molecule has 0 aliphatic carbocycles. The van der Waals surface area contributed by atoms with Gasteiger partial charge in [-0.15, -0.1) is 0 Å². The van der Waals surface area contributed by atoms with Crippen LogP contribution in [0.5, 0.6) is 0 Å². The molecular formula is C16H19BrN2O. The van der Waals surface area contributed by atoms with E-state index >= 15 is 0 Å². The highest BCUT2D eigenvalue weighted by Crippen LogP contribution is 2.18. The Hall–Kier alpha value is -1.55. The molecule has 20 heavy (non-hydrogen) atoms. The van der Waals surface area contributed by atoms with Crippen LogP contribution >= 0.6 is 15.9 Å². The van der Waals surface area contributed by atoms with Gasteiger partial charge in [-0.3, -0.25) is 4.79 Å². The van der Waals surface area contributed by atoms with Crippen LogP contribution in [0.4, 0.5) is 0 Å². The van der Waals surface area contributed by atoms with Crippen molar-refractivity contribution in [3.8, 4) is 0 Å². The topological polar surface area (TPSA) is 25.2 Å². The van der Waals surface area contributed by atoms with Crippen molar-refractivity contribution < 1.29 is 4.79 Å². The van der Waals surface area contributed by atoms with Gasteiger partial charge in [0.15, 0.2) is 0 Å². The maximum atomic E-state index is 12.5. The highest BCUT2D eigenvalue weighted by Gasteiger charge is 2.17. The molecule has 0 fully saturated rings. The van der Waals surface area contributed by atoms with E-state index in [9.17, 15) is 4.79 Å². The number of carbonyl (C=O) groups excluding carboxylic acids is 1. The van der Waals surface area contributed by atoms with Gasteiger partial charge < -0.3 is 9.47 Å². The van der Waals surface area contributed by atoms with E-state index in [1.807, 2.05) is 42.9 Å². The van der Waals surface area contributed by atoms with E-state index in [-0.39, 0.29) is 5.91 Å². The highest BCUT2D eigenvalue weighted by atomic mass is 79.9. The van der Waals surface area contributed by atoms with Crippen LogP contribution in [0.2, 0.25) is 0 Å². The molecule has 0 unspecified atom stereocenters. The van der Waals surface area contributed by atoms with Crippen LogP contribution in [-0.2, 0) is 13.1 Å². The van der Waals surface area contributed by atoms with E-state index in [0.29, 0.717) is 6.54 Å². The molecular weight excluding hydrogens is 316 g/mol. The first-order valence-electron chi connectivity index (χ1n) is 6.68. The van der Waals surface area contributed by atoms with Crippen molar-refractivity contribution in [2.75, 3.05) is 7.05 Å². The summed E-state index contributed by atoms with van der Waals surface area (Å²) in [7, 11) is 1.84. The Bertz CT molecular complexity index is 619. The molecule has 4 heteroatoms. The monoisotopic (exact) mass is 334 g/mol. The number of benzene rings is 1. The molecule has 0 saturated carbocycles. The van der Waals surface area contributed by atoms with Crippen LogP contribution in [0.1, 0.15) is 28.5 Å². The Morgan fingerprint density at radius 3 is 2.70 bits per heavy atom. The second-order valence-corrected chi connectivity index (χ2v) is 5.83. The van der Waals surface area contributed by atoms with Crippen LogP contribution in [0.25, 0.3) is 0 Å². The molecule has 3 nitrogen and oxygen atoms in total. The number of halogens is 1. The quantitative estimate of drug-likeness (QED) is 0.833. The van der Waals surface area contributed by atoms with Gasteiger partial charge in [-0.1, -0.05) is 24.3 Å². The first kappa shape index (κ1) is 14.9. The number of amides is 1. The van der Waals surface area contributed by atoms with E-state index in [0.717, 1.165) is 16.7 Å². The van der Waals surface area contributed by atoms with Crippen molar-refractivity contribution in [2.45, 2.75) is 26.9 Å². The summed E-state index contributed by atoms with van der Waals surface area (Å²) in [5.41, 5.74) is 3.10. The minimum atomic E-state index is 0.0424. The molecule has 0 spiro atoms. The Morgan fingerprint density at radius 2 is 2.05 bits per heavy atom.